The molecule has 1 unspecified atom stereocenters. The summed E-state index contributed by atoms with van der Waals surface area (Å²) in [6.07, 6.45) is 2.73. The summed E-state index contributed by atoms with van der Waals surface area (Å²) in [6.45, 7) is 2.04. The summed E-state index contributed by atoms with van der Waals surface area (Å²) in [5.41, 5.74) is 3.27. The lowest BCUT2D eigenvalue weighted by atomic mass is 10.0. The third kappa shape index (κ3) is 2.41. The van der Waals surface area contributed by atoms with Gasteiger partial charge >= 0.3 is 0 Å². The Labute approximate surface area is 116 Å². The van der Waals surface area contributed by atoms with E-state index in [9.17, 15) is 0 Å². The van der Waals surface area contributed by atoms with Crippen molar-refractivity contribution in [2.24, 2.45) is 0 Å². The Kier molecular flexibility index (Phi) is 3.36. The normalized spacial score (nSPS) is 12.9. The SMILES string of the molecule is CNC(Cc1csc(C)n1)c1coc2ccccc12. The second kappa shape index (κ2) is 5.15. The Hall–Kier alpha value is -1.65. The molecule has 0 spiro atoms. The van der Waals surface area contributed by atoms with Gasteiger partial charge in [0, 0.05) is 28.8 Å². The van der Waals surface area contributed by atoms with Crippen LogP contribution in [0.4, 0.5) is 0 Å². The summed E-state index contributed by atoms with van der Waals surface area (Å²) in [5, 5.41) is 7.77. The zero-order valence-electron chi connectivity index (χ0n) is 11.0. The van der Waals surface area contributed by atoms with E-state index in [-0.39, 0.29) is 6.04 Å². The van der Waals surface area contributed by atoms with Crippen molar-refractivity contribution in [3.8, 4) is 0 Å². The summed E-state index contributed by atoms with van der Waals surface area (Å²) < 4.78 is 5.62. The van der Waals surface area contributed by atoms with Crippen LogP contribution in [0.25, 0.3) is 11.0 Å². The first-order chi connectivity index (χ1) is 9.28. The van der Waals surface area contributed by atoms with Crippen LogP contribution in [-0.2, 0) is 6.42 Å². The standard InChI is InChI=1S/C15H16N2OS/c1-10-17-11(9-19-10)7-14(16-2)13-8-18-15-6-4-3-5-12(13)15/h3-6,8-9,14,16H,7H2,1-2H3. The Balaban J connectivity index is 1.93. The summed E-state index contributed by atoms with van der Waals surface area (Å²) in [6, 6.07) is 8.36. The third-order valence-corrected chi connectivity index (χ3v) is 4.14. The van der Waals surface area contributed by atoms with Gasteiger partial charge in [0.05, 0.1) is 17.0 Å². The van der Waals surface area contributed by atoms with Gasteiger partial charge in [-0.1, -0.05) is 18.2 Å². The maximum atomic E-state index is 5.62. The molecule has 0 aliphatic heterocycles. The summed E-state index contributed by atoms with van der Waals surface area (Å²) in [7, 11) is 1.98. The van der Waals surface area contributed by atoms with Gasteiger partial charge in [0.2, 0.25) is 0 Å². The predicted octanol–water partition coefficient (Wildman–Crippen LogP) is 3.70. The molecular weight excluding hydrogens is 256 g/mol. The molecule has 4 heteroatoms. The second-order valence-electron chi connectivity index (χ2n) is 4.59. The van der Waals surface area contributed by atoms with E-state index in [2.05, 4.69) is 21.7 Å². The maximum Gasteiger partial charge on any atom is 0.134 e. The Morgan fingerprint density at radius 2 is 2.21 bits per heavy atom. The average molecular weight is 272 g/mol. The molecule has 3 rings (SSSR count). The number of benzene rings is 1. The van der Waals surface area contributed by atoms with Crippen molar-refractivity contribution in [1.29, 1.82) is 0 Å². The molecule has 0 aliphatic rings. The first-order valence-corrected chi connectivity index (χ1v) is 7.20. The number of aryl methyl sites for hydroxylation is 1. The van der Waals surface area contributed by atoms with E-state index in [0.29, 0.717) is 0 Å². The molecule has 0 aliphatic carbocycles. The molecule has 0 radical (unpaired) electrons. The fourth-order valence-electron chi connectivity index (χ4n) is 2.35. The molecule has 98 valence electrons. The van der Waals surface area contributed by atoms with E-state index >= 15 is 0 Å². The summed E-state index contributed by atoms with van der Waals surface area (Å²) in [4.78, 5) is 4.54. The van der Waals surface area contributed by atoms with Crippen molar-refractivity contribution in [2.45, 2.75) is 19.4 Å². The molecule has 1 aromatic carbocycles. The van der Waals surface area contributed by atoms with Gasteiger partial charge in [-0.2, -0.15) is 0 Å². The van der Waals surface area contributed by atoms with Crippen LogP contribution in [0.15, 0.2) is 40.3 Å². The average Bonchev–Trinajstić information content (AvgIpc) is 3.02. The number of rotatable bonds is 4. The summed E-state index contributed by atoms with van der Waals surface area (Å²) >= 11 is 1.70. The first kappa shape index (κ1) is 12.4. The summed E-state index contributed by atoms with van der Waals surface area (Å²) in [5.74, 6) is 0. The first-order valence-electron chi connectivity index (χ1n) is 6.32. The van der Waals surface area contributed by atoms with Gasteiger partial charge in [-0.05, 0) is 20.0 Å². The van der Waals surface area contributed by atoms with E-state index in [0.717, 1.165) is 22.7 Å². The number of fused-ring (bicyclic) bond motifs is 1. The Morgan fingerprint density at radius 3 is 2.95 bits per heavy atom. The highest BCUT2D eigenvalue weighted by Gasteiger charge is 2.16. The molecule has 1 N–H and O–H groups in total. The molecule has 2 aromatic heterocycles. The van der Waals surface area contributed by atoms with Gasteiger partial charge in [-0.25, -0.2) is 4.98 Å². The van der Waals surface area contributed by atoms with Crippen molar-refractivity contribution in [2.75, 3.05) is 7.05 Å². The third-order valence-electron chi connectivity index (χ3n) is 3.31. The Morgan fingerprint density at radius 1 is 1.37 bits per heavy atom. The van der Waals surface area contributed by atoms with E-state index < -0.39 is 0 Å². The van der Waals surface area contributed by atoms with Crippen LogP contribution in [0.5, 0.6) is 0 Å². The second-order valence-corrected chi connectivity index (χ2v) is 5.65. The fraction of sp³-hybridized carbons (Fsp3) is 0.267. The van der Waals surface area contributed by atoms with Crippen LogP contribution in [-0.4, -0.2) is 12.0 Å². The highest BCUT2D eigenvalue weighted by molar-refractivity contribution is 7.09. The van der Waals surface area contributed by atoms with Crippen LogP contribution < -0.4 is 5.32 Å². The Bertz CT molecular complexity index is 686. The molecule has 3 aromatic rings. The molecule has 0 saturated carbocycles. The van der Waals surface area contributed by atoms with E-state index in [1.165, 1.54) is 10.9 Å². The molecule has 0 saturated heterocycles. The van der Waals surface area contributed by atoms with E-state index in [1.54, 1.807) is 11.3 Å². The lowest BCUT2D eigenvalue weighted by Crippen LogP contribution is -2.18. The molecule has 1 atom stereocenters. The zero-order valence-corrected chi connectivity index (χ0v) is 11.8. The topological polar surface area (TPSA) is 38.1 Å². The van der Waals surface area contributed by atoms with Gasteiger partial charge in [0.1, 0.15) is 5.58 Å². The number of hydrogen-bond donors (Lipinski definition) is 1. The fourth-order valence-corrected chi connectivity index (χ4v) is 2.97. The minimum atomic E-state index is 0.227. The molecule has 0 fully saturated rings. The van der Waals surface area contributed by atoms with E-state index in [4.69, 9.17) is 4.42 Å². The highest BCUT2D eigenvalue weighted by atomic mass is 32.1. The minimum Gasteiger partial charge on any atom is -0.464 e. The number of para-hydroxylation sites is 1. The van der Waals surface area contributed by atoms with Crippen LogP contribution in [0.2, 0.25) is 0 Å². The van der Waals surface area contributed by atoms with Crippen molar-refractivity contribution in [3.63, 3.8) is 0 Å². The molecule has 0 amide bonds. The number of hydrogen-bond acceptors (Lipinski definition) is 4. The monoisotopic (exact) mass is 272 g/mol. The minimum absolute atomic E-state index is 0.227. The van der Waals surface area contributed by atoms with Crippen LogP contribution >= 0.6 is 11.3 Å². The smallest absolute Gasteiger partial charge is 0.134 e. The number of likely N-dealkylation sites (N-methyl/N-ethyl adjacent to an activating group) is 1. The van der Waals surface area contributed by atoms with Gasteiger partial charge in [0.15, 0.2) is 0 Å². The largest absolute Gasteiger partial charge is 0.464 e. The number of nitrogens with one attached hydrogen (secondary N) is 1. The van der Waals surface area contributed by atoms with Gasteiger partial charge < -0.3 is 9.73 Å². The van der Waals surface area contributed by atoms with E-state index in [1.807, 2.05) is 38.4 Å². The molecular formula is C15H16N2OS. The number of thiazole rings is 1. The lowest BCUT2D eigenvalue weighted by molar-refractivity contribution is 0.560. The van der Waals surface area contributed by atoms with Crippen molar-refractivity contribution >= 4 is 22.3 Å². The van der Waals surface area contributed by atoms with Crippen molar-refractivity contribution < 1.29 is 4.42 Å². The lowest BCUT2D eigenvalue weighted by Gasteiger charge is -2.13. The molecule has 19 heavy (non-hydrogen) atoms. The quantitative estimate of drug-likeness (QED) is 0.787. The molecule has 2 heterocycles. The van der Waals surface area contributed by atoms with Crippen LogP contribution in [0.1, 0.15) is 22.3 Å². The number of aromatic nitrogens is 1. The van der Waals surface area contributed by atoms with Gasteiger partial charge in [-0.15, -0.1) is 11.3 Å². The van der Waals surface area contributed by atoms with Crippen LogP contribution in [0, 0.1) is 6.92 Å². The van der Waals surface area contributed by atoms with Gasteiger partial charge in [-0.3, -0.25) is 0 Å². The maximum absolute atomic E-state index is 5.62. The highest BCUT2D eigenvalue weighted by Crippen LogP contribution is 2.28. The molecule has 3 nitrogen and oxygen atoms in total. The zero-order chi connectivity index (χ0) is 13.2. The van der Waals surface area contributed by atoms with Crippen molar-refractivity contribution in [1.82, 2.24) is 10.3 Å². The number of furan rings is 1. The predicted molar refractivity (Wildman–Crippen MR) is 78.6 cm³/mol. The van der Waals surface area contributed by atoms with Gasteiger partial charge in [0.25, 0.3) is 0 Å². The van der Waals surface area contributed by atoms with Crippen molar-refractivity contribution in [3.05, 3.63) is 52.2 Å². The molecule has 0 bridgehead atoms. The van der Waals surface area contributed by atoms with Crippen LogP contribution in [0.3, 0.4) is 0 Å². The number of nitrogens with zero attached hydrogens (tertiary/aromatic N) is 1.